The second kappa shape index (κ2) is 6.28. The predicted molar refractivity (Wildman–Crippen MR) is 80.3 cm³/mol. The largest absolute Gasteiger partial charge is 0.480 e. The highest BCUT2D eigenvalue weighted by Crippen LogP contribution is 2.24. The van der Waals surface area contributed by atoms with E-state index < -0.39 is 12.0 Å². The summed E-state index contributed by atoms with van der Waals surface area (Å²) in [4.78, 5) is 23.6. The average molecular weight is 295 g/mol. The lowest BCUT2D eigenvalue weighted by Gasteiger charge is -2.19. The highest BCUT2D eigenvalue weighted by atomic mass is 16.4. The minimum Gasteiger partial charge on any atom is -0.480 e. The monoisotopic (exact) mass is 295 g/mol. The number of hydrogen-bond donors (Lipinski definition) is 2. The van der Waals surface area contributed by atoms with Gasteiger partial charge in [0.1, 0.15) is 6.04 Å². The van der Waals surface area contributed by atoms with E-state index in [1.54, 1.807) is 17.9 Å². The van der Waals surface area contributed by atoms with Gasteiger partial charge in [-0.15, -0.1) is 0 Å². The topological polar surface area (TPSA) is 84.2 Å². The fraction of sp³-hybridized carbons (Fsp3) is 0.667. The van der Waals surface area contributed by atoms with Crippen molar-refractivity contribution in [1.82, 2.24) is 15.1 Å². The molecule has 2 N–H and O–H groups in total. The Morgan fingerprint density at radius 2 is 1.95 bits per heavy atom. The zero-order valence-corrected chi connectivity index (χ0v) is 13.6. The van der Waals surface area contributed by atoms with Gasteiger partial charge >= 0.3 is 5.97 Å². The third kappa shape index (κ3) is 4.58. The number of aromatic nitrogens is 2. The fourth-order valence-corrected chi connectivity index (χ4v) is 2.14. The molecule has 1 aromatic rings. The summed E-state index contributed by atoms with van der Waals surface area (Å²) in [7, 11) is 1.74. The van der Waals surface area contributed by atoms with Crippen molar-refractivity contribution in [3.8, 4) is 0 Å². The molecule has 21 heavy (non-hydrogen) atoms. The van der Waals surface area contributed by atoms with Crippen LogP contribution in [-0.2, 0) is 17.3 Å². The Balaban J connectivity index is 3.01. The first-order chi connectivity index (χ1) is 9.52. The number of hydrogen-bond acceptors (Lipinski definition) is 3. The molecule has 0 aliphatic rings. The molecule has 0 spiro atoms. The molecular weight excluding hydrogens is 270 g/mol. The molecule has 6 heteroatoms. The standard InChI is InChI=1S/C15H25N3O3/c1-9(2)7-11(14(20)21)16-13(19)10-8-18(6)17-12(10)15(3,4)5/h8-9,11H,7H2,1-6H3,(H,16,19)(H,20,21)/t11-/m1/s1. The number of amides is 1. The van der Waals surface area contributed by atoms with Crippen molar-refractivity contribution >= 4 is 11.9 Å². The van der Waals surface area contributed by atoms with Gasteiger partial charge in [-0.3, -0.25) is 9.48 Å². The summed E-state index contributed by atoms with van der Waals surface area (Å²) in [6, 6.07) is -0.884. The van der Waals surface area contributed by atoms with Gasteiger partial charge in [0.2, 0.25) is 0 Å². The molecule has 1 atom stereocenters. The normalized spacial score (nSPS) is 13.3. The zero-order valence-electron chi connectivity index (χ0n) is 13.6. The van der Waals surface area contributed by atoms with E-state index in [2.05, 4.69) is 10.4 Å². The van der Waals surface area contributed by atoms with E-state index in [1.165, 1.54) is 0 Å². The maximum absolute atomic E-state index is 12.4. The lowest BCUT2D eigenvalue weighted by molar-refractivity contribution is -0.139. The van der Waals surface area contributed by atoms with Crippen LogP contribution in [0.25, 0.3) is 0 Å². The summed E-state index contributed by atoms with van der Waals surface area (Å²) in [5, 5.41) is 16.1. The van der Waals surface area contributed by atoms with Crippen molar-refractivity contribution < 1.29 is 14.7 Å². The summed E-state index contributed by atoms with van der Waals surface area (Å²) in [5.41, 5.74) is 0.807. The molecule has 1 heterocycles. The Morgan fingerprint density at radius 3 is 2.38 bits per heavy atom. The summed E-state index contributed by atoms with van der Waals surface area (Å²) < 4.78 is 1.58. The van der Waals surface area contributed by atoms with Crippen LogP contribution in [0.3, 0.4) is 0 Å². The second-order valence-corrected chi connectivity index (χ2v) is 6.81. The Bertz CT molecular complexity index is 527. The van der Waals surface area contributed by atoms with E-state index in [4.69, 9.17) is 0 Å². The van der Waals surface area contributed by atoms with Crippen molar-refractivity contribution in [3.05, 3.63) is 17.5 Å². The number of carboxylic acids is 1. The van der Waals surface area contributed by atoms with Crippen LogP contribution >= 0.6 is 0 Å². The molecule has 0 aliphatic carbocycles. The van der Waals surface area contributed by atoms with Gasteiger partial charge < -0.3 is 10.4 Å². The van der Waals surface area contributed by atoms with Gasteiger partial charge in [0.25, 0.3) is 5.91 Å². The molecular formula is C15H25N3O3. The number of aliphatic carboxylic acids is 1. The van der Waals surface area contributed by atoms with Gasteiger partial charge in [-0.25, -0.2) is 4.79 Å². The van der Waals surface area contributed by atoms with E-state index in [0.717, 1.165) is 0 Å². The van der Waals surface area contributed by atoms with Crippen molar-refractivity contribution in [2.75, 3.05) is 0 Å². The Morgan fingerprint density at radius 1 is 1.38 bits per heavy atom. The Labute approximate surface area is 125 Å². The Kier molecular flexibility index (Phi) is 5.15. The summed E-state index contributed by atoms with van der Waals surface area (Å²) >= 11 is 0. The quantitative estimate of drug-likeness (QED) is 0.869. The first-order valence-corrected chi connectivity index (χ1v) is 7.10. The third-order valence-corrected chi connectivity index (χ3v) is 3.09. The lowest BCUT2D eigenvalue weighted by atomic mass is 9.89. The van der Waals surface area contributed by atoms with E-state index in [0.29, 0.717) is 17.7 Å². The number of nitrogens with zero attached hydrogens (tertiary/aromatic N) is 2. The third-order valence-electron chi connectivity index (χ3n) is 3.09. The molecule has 1 rings (SSSR count). The average Bonchev–Trinajstić information content (AvgIpc) is 2.69. The van der Waals surface area contributed by atoms with Crippen molar-refractivity contribution in [2.45, 2.75) is 52.5 Å². The summed E-state index contributed by atoms with van der Waals surface area (Å²) in [6.07, 6.45) is 2.02. The van der Waals surface area contributed by atoms with Crippen molar-refractivity contribution in [1.29, 1.82) is 0 Å². The molecule has 0 aromatic carbocycles. The molecule has 1 amide bonds. The molecule has 118 valence electrons. The van der Waals surface area contributed by atoms with Gasteiger partial charge in [0.15, 0.2) is 0 Å². The minimum atomic E-state index is -1.02. The van der Waals surface area contributed by atoms with Crippen LogP contribution in [-0.4, -0.2) is 32.8 Å². The van der Waals surface area contributed by atoms with Crippen molar-refractivity contribution in [3.63, 3.8) is 0 Å². The molecule has 0 unspecified atom stereocenters. The highest BCUT2D eigenvalue weighted by Gasteiger charge is 2.28. The van der Waals surface area contributed by atoms with E-state index in [1.807, 2.05) is 34.6 Å². The van der Waals surface area contributed by atoms with Crippen LogP contribution in [0.1, 0.15) is 57.1 Å². The van der Waals surface area contributed by atoms with E-state index in [9.17, 15) is 14.7 Å². The molecule has 1 aromatic heterocycles. The maximum atomic E-state index is 12.4. The van der Waals surface area contributed by atoms with E-state index >= 15 is 0 Å². The van der Waals surface area contributed by atoms with Crippen LogP contribution < -0.4 is 5.32 Å². The van der Waals surface area contributed by atoms with Crippen LogP contribution in [0.5, 0.6) is 0 Å². The number of rotatable bonds is 5. The van der Waals surface area contributed by atoms with E-state index in [-0.39, 0.29) is 17.2 Å². The van der Waals surface area contributed by atoms with Crippen LogP contribution in [0.4, 0.5) is 0 Å². The van der Waals surface area contributed by atoms with Crippen molar-refractivity contribution in [2.24, 2.45) is 13.0 Å². The molecule has 0 bridgehead atoms. The Hall–Kier alpha value is -1.85. The minimum absolute atomic E-state index is 0.183. The van der Waals surface area contributed by atoms with Gasteiger partial charge in [-0.05, 0) is 12.3 Å². The van der Waals surface area contributed by atoms with Gasteiger partial charge in [-0.2, -0.15) is 5.10 Å². The molecule has 6 nitrogen and oxygen atoms in total. The lowest BCUT2D eigenvalue weighted by Crippen LogP contribution is -2.42. The SMILES string of the molecule is CC(C)C[C@@H](NC(=O)c1cn(C)nc1C(C)(C)C)C(=O)O. The van der Waals surface area contributed by atoms with Gasteiger partial charge in [-0.1, -0.05) is 34.6 Å². The number of carbonyl (C=O) groups excluding carboxylic acids is 1. The van der Waals surface area contributed by atoms with Gasteiger partial charge in [0.05, 0.1) is 11.3 Å². The summed E-state index contributed by atoms with van der Waals surface area (Å²) in [6.45, 7) is 9.75. The fourth-order valence-electron chi connectivity index (χ4n) is 2.14. The van der Waals surface area contributed by atoms with Gasteiger partial charge in [0, 0.05) is 18.7 Å². The molecule has 0 radical (unpaired) electrons. The smallest absolute Gasteiger partial charge is 0.326 e. The summed E-state index contributed by atoms with van der Waals surface area (Å²) in [5.74, 6) is -1.22. The number of carbonyl (C=O) groups is 2. The second-order valence-electron chi connectivity index (χ2n) is 6.81. The highest BCUT2D eigenvalue weighted by molar-refractivity contribution is 5.97. The van der Waals surface area contributed by atoms with Crippen LogP contribution in [0.15, 0.2) is 6.20 Å². The molecule has 0 saturated heterocycles. The molecule has 0 aliphatic heterocycles. The molecule has 0 saturated carbocycles. The first-order valence-electron chi connectivity index (χ1n) is 7.10. The van der Waals surface area contributed by atoms with Crippen LogP contribution in [0.2, 0.25) is 0 Å². The molecule has 0 fully saturated rings. The maximum Gasteiger partial charge on any atom is 0.326 e. The first kappa shape index (κ1) is 17.2. The number of nitrogens with one attached hydrogen (secondary N) is 1. The predicted octanol–water partition coefficient (Wildman–Crippen LogP) is 1.95. The van der Waals surface area contributed by atoms with Crippen LogP contribution in [0, 0.1) is 5.92 Å². The number of aryl methyl sites for hydroxylation is 1. The number of carboxylic acid groups (broad SMARTS) is 1. The zero-order chi connectivity index (χ0) is 16.4.